The van der Waals surface area contributed by atoms with E-state index in [2.05, 4.69) is 35.1 Å². The maximum absolute atomic E-state index is 12.9. The van der Waals surface area contributed by atoms with E-state index in [-0.39, 0.29) is 0 Å². The molecule has 0 N–H and O–H groups in total. The minimum Gasteiger partial charge on any atom is -0.461 e. The number of rotatable bonds is 4. The Balaban J connectivity index is 1.92. The van der Waals surface area contributed by atoms with Gasteiger partial charge >= 0.3 is 5.69 Å². The van der Waals surface area contributed by atoms with Crippen molar-refractivity contribution in [1.82, 2.24) is 19.1 Å². The van der Waals surface area contributed by atoms with Gasteiger partial charge in [0.2, 0.25) is 0 Å². The quantitative estimate of drug-likeness (QED) is 0.381. The lowest BCUT2D eigenvalue weighted by molar-refractivity contribution is 0.576. The summed E-state index contributed by atoms with van der Waals surface area (Å²) in [6, 6.07) is 9.78. The second kappa shape index (κ2) is 7.36. The molecule has 0 radical (unpaired) electrons. The molecule has 1 aromatic carbocycles. The van der Waals surface area contributed by atoms with Crippen molar-refractivity contribution < 1.29 is 4.42 Å². The Labute approximate surface area is 171 Å². The first-order chi connectivity index (χ1) is 13.9. The van der Waals surface area contributed by atoms with Crippen LogP contribution in [-0.2, 0) is 19.8 Å². The summed E-state index contributed by atoms with van der Waals surface area (Å²) in [6.07, 6.45) is 1.54. The molecule has 0 aliphatic heterocycles. The molecular weight excluding hydrogens is 388 g/mol. The van der Waals surface area contributed by atoms with Crippen LogP contribution in [0.1, 0.15) is 16.7 Å². The van der Waals surface area contributed by atoms with Crippen LogP contribution >= 0.6 is 11.8 Å². The van der Waals surface area contributed by atoms with E-state index in [0.717, 1.165) is 4.57 Å². The summed E-state index contributed by atoms with van der Waals surface area (Å²) >= 11 is 1.45. The number of fused-ring (bicyclic) bond motifs is 1. The highest BCUT2D eigenvalue weighted by Crippen LogP contribution is 2.29. The Morgan fingerprint density at radius 3 is 2.59 bits per heavy atom. The molecule has 0 fully saturated rings. The zero-order chi connectivity index (χ0) is 20.7. The highest BCUT2D eigenvalue weighted by molar-refractivity contribution is 7.98. The third kappa shape index (κ3) is 3.40. The van der Waals surface area contributed by atoms with Crippen molar-refractivity contribution in [2.24, 2.45) is 14.1 Å². The second-order valence-corrected chi connectivity index (χ2v) is 7.92. The van der Waals surface area contributed by atoms with E-state index in [0.29, 0.717) is 33.4 Å². The van der Waals surface area contributed by atoms with Crippen LogP contribution in [-0.4, -0.2) is 19.1 Å². The Kier molecular flexibility index (Phi) is 4.87. The van der Waals surface area contributed by atoms with Crippen molar-refractivity contribution in [2.75, 3.05) is 0 Å². The predicted molar refractivity (Wildman–Crippen MR) is 113 cm³/mol. The van der Waals surface area contributed by atoms with Crippen molar-refractivity contribution in [3.05, 3.63) is 74.1 Å². The molecule has 0 unspecified atom stereocenters. The van der Waals surface area contributed by atoms with E-state index in [9.17, 15) is 9.59 Å². The predicted octanol–water partition coefficient (Wildman–Crippen LogP) is 3.20. The van der Waals surface area contributed by atoms with E-state index in [4.69, 9.17) is 4.42 Å². The number of benzene rings is 1. The Bertz CT molecular complexity index is 1340. The monoisotopic (exact) mass is 408 g/mol. The fourth-order valence-corrected chi connectivity index (χ4v) is 4.23. The lowest BCUT2D eigenvalue weighted by Gasteiger charge is -2.12. The van der Waals surface area contributed by atoms with Crippen LogP contribution in [0.15, 0.2) is 55.6 Å². The molecule has 4 aromatic rings. The zero-order valence-corrected chi connectivity index (χ0v) is 17.4. The Hall–Kier alpha value is -3.13. The minimum absolute atomic E-state index is 0.294. The molecule has 0 atom stereocenters. The largest absolute Gasteiger partial charge is 0.461 e. The van der Waals surface area contributed by atoms with Gasteiger partial charge in [0.05, 0.1) is 6.26 Å². The topological polar surface area (TPSA) is 82.9 Å². The maximum Gasteiger partial charge on any atom is 0.332 e. The lowest BCUT2D eigenvalue weighted by Crippen LogP contribution is -2.37. The van der Waals surface area contributed by atoms with E-state index >= 15 is 0 Å². The minimum atomic E-state index is -0.433. The molecule has 0 saturated heterocycles. The van der Waals surface area contributed by atoms with Crippen LogP contribution < -0.4 is 11.2 Å². The number of furan rings is 1. The lowest BCUT2D eigenvalue weighted by atomic mass is 10.1. The third-order valence-electron chi connectivity index (χ3n) is 4.88. The van der Waals surface area contributed by atoms with Gasteiger partial charge in [-0.1, -0.05) is 23.8 Å². The summed E-state index contributed by atoms with van der Waals surface area (Å²) in [6.45, 7) is 4.11. The van der Waals surface area contributed by atoms with Gasteiger partial charge in [-0.15, -0.1) is 11.8 Å². The highest BCUT2D eigenvalue weighted by atomic mass is 32.2. The van der Waals surface area contributed by atoms with Gasteiger partial charge in [0.1, 0.15) is 10.4 Å². The molecule has 0 aliphatic carbocycles. The van der Waals surface area contributed by atoms with Gasteiger partial charge < -0.3 is 4.42 Å². The fourth-order valence-electron chi connectivity index (χ4n) is 3.15. The number of thioether (sulfide) groups is 1. The normalized spacial score (nSPS) is 11.3. The van der Waals surface area contributed by atoms with Crippen LogP contribution in [0.5, 0.6) is 0 Å². The van der Waals surface area contributed by atoms with Crippen LogP contribution in [0.4, 0.5) is 0 Å². The van der Waals surface area contributed by atoms with Gasteiger partial charge in [-0.2, -0.15) is 0 Å². The molecule has 29 heavy (non-hydrogen) atoms. The van der Waals surface area contributed by atoms with E-state index in [1.54, 1.807) is 19.2 Å². The van der Waals surface area contributed by atoms with Crippen LogP contribution in [0.25, 0.3) is 22.6 Å². The van der Waals surface area contributed by atoms with Crippen LogP contribution in [0.3, 0.4) is 0 Å². The maximum atomic E-state index is 12.9. The first kappa shape index (κ1) is 19.2. The molecule has 7 nitrogen and oxygen atoms in total. The smallest absolute Gasteiger partial charge is 0.332 e. The molecule has 4 rings (SSSR count). The molecule has 8 heteroatoms. The van der Waals surface area contributed by atoms with Crippen molar-refractivity contribution in [1.29, 1.82) is 0 Å². The molecule has 0 spiro atoms. The average molecular weight is 408 g/mol. The molecule has 0 amide bonds. The molecular formula is C21H20N4O3S. The molecule has 0 aliphatic rings. The van der Waals surface area contributed by atoms with Crippen molar-refractivity contribution in [2.45, 2.75) is 24.6 Å². The first-order valence-electron chi connectivity index (χ1n) is 9.07. The molecule has 148 valence electrons. The van der Waals surface area contributed by atoms with Gasteiger partial charge in [-0.25, -0.2) is 14.8 Å². The van der Waals surface area contributed by atoms with Gasteiger partial charge in [-0.05, 0) is 37.1 Å². The fraction of sp³-hybridized carbons (Fsp3) is 0.238. The van der Waals surface area contributed by atoms with E-state index in [1.807, 2.05) is 6.92 Å². The highest BCUT2D eigenvalue weighted by Gasteiger charge is 2.19. The van der Waals surface area contributed by atoms with Gasteiger partial charge in [-0.3, -0.25) is 13.9 Å². The first-order valence-corrected chi connectivity index (χ1v) is 10.1. The summed E-state index contributed by atoms with van der Waals surface area (Å²) in [4.78, 5) is 34.4. The van der Waals surface area contributed by atoms with Crippen LogP contribution in [0, 0.1) is 13.8 Å². The van der Waals surface area contributed by atoms with Crippen LogP contribution in [0.2, 0.25) is 0 Å². The van der Waals surface area contributed by atoms with Crippen molar-refractivity contribution in [3.8, 4) is 11.6 Å². The Morgan fingerprint density at radius 1 is 1.07 bits per heavy atom. The summed E-state index contributed by atoms with van der Waals surface area (Å²) in [5, 5.41) is 0.860. The number of hydrogen-bond acceptors (Lipinski definition) is 6. The second-order valence-electron chi connectivity index (χ2n) is 6.95. The zero-order valence-electron chi connectivity index (χ0n) is 16.6. The average Bonchev–Trinajstić information content (AvgIpc) is 3.25. The third-order valence-corrected chi connectivity index (χ3v) is 5.90. The molecule has 0 bridgehead atoms. The SMILES string of the molecule is Cc1ccc(C)c(CSc2nc(-c3ccco3)nc3c2c(=O)n(C)c(=O)n3C)c1. The summed E-state index contributed by atoms with van der Waals surface area (Å²) in [5.74, 6) is 1.46. The number of hydrogen-bond donors (Lipinski definition) is 0. The van der Waals surface area contributed by atoms with E-state index in [1.165, 1.54) is 46.3 Å². The number of aryl methyl sites for hydroxylation is 3. The molecule has 3 heterocycles. The summed E-state index contributed by atoms with van der Waals surface area (Å²) < 4.78 is 7.89. The van der Waals surface area contributed by atoms with Gasteiger partial charge in [0.25, 0.3) is 5.56 Å². The number of nitrogens with zero attached hydrogens (tertiary/aromatic N) is 4. The van der Waals surface area contributed by atoms with Gasteiger partial charge in [0, 0.05) is 19.8 Å². The summed E-state index contributed by atoms with van der Waals surface area (Å²) in [5.41, 5.74) is 2.97. The van der Waals surface area contributed by atoms with Crippen molar-refractivity contribution in [3.63, 3.8) is 0 Å². The van der Waals surface area contributed by atoms with Crippen molar-refractivity contribution >= 4 is 22.8 Å². The summed E-state index contributed by atoms with van der Waals surface area (Å²) in [7, 11) is 3.06. The van der Waals surface area contributed by atoms with E-state index < -0.39 is 11.2 Å². The Morgan fingerprint density at radius 2 is 1.86 bits per heavy atom. The molecule has 0 saturated carbocycles. The standard InChI is InChI=1S/C21H20N4O3S/c1-12-7-8-13(2)14(10-12)11-29-19-16-18(24(3)21(27)25(4)20(16)26)22-17(23-19)15-6-5-9-28-15/h5-10H,11H2,1-4H3. The van der Waals surface area contributed by atoms with Gasteiger partial charge in [0.15, 0.2) is 17.2 Å². The number of aromatic nitrogens is 4. The molecule has 3 aromatic heterocycles.